The Kier molecular flexibility index (Phi) is 6.16. The van der Waals surface area contributed by atoms with Crippen LogP contribution in [-0.4, -0.2) is 29.2 Å². The van der Waals surface area contributed by atoms with E-state index in [1.165, 1.54) is 0 Å². The number of rotatable bonds is 5. The number of nitrogens with one attached hydrogen (secondary N) is 1. The van der Waals surface area contributed by atoms with Gasteiger partial charge in [0.2, 0.25) is 5.88 Å². The number of pyridine rings is 1. The van der Waals surface area contributed by atoms with Gasteiger partial charge < -0.3 is 15.8 Å². The van der Waals surface area contributed by atoms with Gasteiger partial charge in [-0.15, -0.1) is 11.8 Å². The maximum Gasteiger partial charge on any atom is 0.257 e. The second-order valence-electron chi connectivity index (χ2n) is 6.73. The summed E-state index contributed by atoms with van der Waals surface area (Å²) in [6.45, 7) is 1.92. The zero-order valence-corrected chi connectivity index (χ0v) is 16.0. The van der Waals surface area contributed by atoms with Crippen LogP contribution in [0.2, 0.25) is 0 Å². The largest absolute Gasteiger partial charge is 0.438 e. The number of amides is 1. The van der Waals surface area contributed by atoms with E-state index in [4.69, 9.17) is 10.5 Å². The van der Waals surface area contributed by atoms with E-state index in [-0.39, 0.29) is 18.0 Å². The summed E-state index contributed by atoms with van der Waals surface area (Å²) in [6.07, 6.45) is 7.45. The first-order chi connectivity index (χ1) is 12.5. The molecule has 138 valence electrons. The Hall–Kier alpha value is -2.05. The van der Waals surface area contributed by atoms with Gasteiger partial charge in [0.05, 0.1) is 0 Å². The van der Waals surface area contributed by atoms with E-state index in [0.717, 1.165) is 36.1 Å². The van der Waals surface area contributed by atoms with Crippen LogP contribution in [0.15, 0.2) is 41.4 Å². The molecule has 1 aromatic carbocycles. The van der Waals surface area contributed by atoms with E-state index < -0.39 is 0 Å². The maximum atomic E-state index is 12.8. The number of aryl methyl sites for hydroxylation is 1. The van der Waals surface area contributed by atoms with Crippen molar-refractivity contribution in [1.82, 2.24) is 10.3 Å². The number of hydrogen-bond donors (Lipinski definition) is 2. The molecule has 5 nitrogen and oxygen atoms in total. The lowest BCUT2D eigenvalue weighted by atomic mass is 9.91. The Balaban J connectivity index is 1.77. The average Bonchev–Trinajstić information content (AvgIpc) is 2.65. The molecule has 1 aliphatic carbocycles. The molecule has 0 saturated heterocycles. The van der Waals surface area contributed by atoms with Gasteiger partial charge in [0.25, 0.3) is 5.91 Å². The quantitative estimate of drug-likeness (QED) is 0.780. The first kappa shape index (κ1) is 18.7. The molecule has 2 aromatic rings. The third-order valence-electron chi connectivity index (χ3n) is 4.60. The molecule has 1 fully saturated rings. The summed E-state index contributed by atoms with van der Waals surface area (Å²) in [5.41, 5.74) is 7.34. The summed E-state index contributed by atoms with van der Waals surface area (Å²) in [5.74, 6) is 0.863. The Morgan fingerprint density at radius 2 is 2.04 bits per heavy atom. The monoisotopic (exact) mass is 371 g/mol. The molecule has 6 heteroatoms. The lowest BCUT2D eigenvalue weighted by Gasteiger charge is -2.27. The highest BCUT2D eigenvalue weighted by atomic mass is 32.2. The number of ether oxygens (including phenoxy) is 1. The standard InChI is InChI=1S/C20H25N3O2S/c1-13-10-18(19(24)23-15-8-6-14(21)7-9-15)20(22-12-13)25-16-4-3-5-17(11-16)26-2/h3-5,10-12,14-15H,6-9,21H2,1-2H3,(H,23,24)/t14-,15+. The van der Waals surface area contributed by atoms with Crippen molar-refractivity contribution in [3.05, 3.63) is 47.7 Å². The molecular formula is C20H25N3O2S. The summed E-state index contributed by atoms with van der Waals surface area (Å²) >= 11 is 1.64. The van der Waals surface area contributed by atoms with Gasteiger partial charge in [0, 0.05) is 23.2 Å². The molecule has 1 amide bonds. The molecule has 0 atom stereocenters. The number of nitrogens with two attached hydrogens (primary N) is 1. The van der Waals surface area contributed by atoms with Gasteiger partial charge in [-0.2, -0.15) is 0 Å². The van der Waals surface area contributed by atoms with Crippen molar-refractivity contribution >= 4 is 17.7 Å². The molecule has 0 bridgehead atoms. The van der Waals surface area contributed by atoms with Crippen molar-refractivity contribution in [2.45, 2.75) is 49.6 Å². The number of carbonyl (C=O) groups is 1. The van der Waals surface area contributed by atoms with Crippen LogP contribution in [0.5, 0.6) is 11.6 Å². The molecule has 1 aromatic heterocycles. The van der Waals surface area contributed by atoms with Crippen molar-refractivity contribution in [3.63, 3.8) is 0 Å². The average molecular weight is 372 g/mol. The minimum absolute atomic E-state index is 0.141. The Morgan fingerprint density at radius 1 is 1.27 bits per heavy atom. The first-order valence-corrected chi connectivity index (χ1v) is 10.1. The van der Waals surface area contributed by atoms with Gasteiger partial charge >= 0.3 is 0 Å². The molecule has 3 N–H and O–H groups in total. The SMILES string of the molecule is CSc1cccc(Oc2ncc(C)cc2C(=O)N[C@H]2CC[C@@H](N)CC2)c1. The lowest BCUT2D eigenvalue weighted by Crippen LogP contribution is -2.40. The molecule has 26 heavy (non-hydrogen) atoms. The summed E-state index contributed by atoms with van der Waals surface area (Å²) in [4.78, 5) is 18.3. The fourth-order valence-corrected chi connectivity index (χ4v) is 3.55. The van der Waals surface area contributed by atoms with E-state index in [1.54, 1.807) is 18.0 Å². The number of nitrogens with zero attached hydrogens (tertiary/aromatic N) is 1. The van der Waals surface area contributed by atoms with E-state index in [2.05, 4.69) is 10.3 Å². The van der Waals surface area contributed by atoms with Gasteiger partial charge in [0.1, 0.15) is 11.3 Å². The second kappa shape index (κ2) is 8.56. The second-order valence-corrected chi connectivity index (χ2v) is 7.61. The predicted molar refractivity (Wildman–Crippen MR) is 105 cm³/mol. The molecule has 3 rings (SSSR count). The van der Waals surface area contributed by atoms with Gasteiger partial charge in [-0.05, 0) is 68.7 Å². The molecule has 1 aliphatic rings. The molecule has 0 radical (unpaired) electrons. The zero-order chi connectivity index (χ0) is 18.5. The summed E-state index contributed by atoms with van der Waals surface area (Å²) in [6, 6.07) is 10.00. The van der Waals surface area contributed by atoms with Crippen LogP contribution in [0.4, 0.5) is 0 Å². The maximum absolute atomic E-state index is 12.8. The first-order valence-electron chi connectivity index (χ1n) is 8.90. The third kappa shape index (κ3) is 4.77. The Bertz CT molecular complexity index is 773. The van der Waals surface area contributed by atoms with Crippen LogP contribution in [0.1, 0.15) is 41.6 Å². The van der Waals surface area contributed by atoms with Crippen LogP contribution in [0.25, 0.3) is 0 Å². The fourth-order valence-electron chi connectivity index (χ4n) is 3.10. The molecule has 0 spiro atoms. The van der Waals surface area contributed by atoms with Crippen LogP contribution in [0.3, 0.4) is 0 Å². The van der Waals surface area contributed by atoms with Crippen LogP contribution in [-0.2, 0) is 0 Å². The number of hydrogen-bond acceptors (Lipinski definition) is 5. The van der Waals surface area contributed by atoms with Gasteiger partial charge in [-0.3, -0.25) is 4.79 Å². The molecule has 1 heterocycles. The minimum atomic E-state index is -0.141. The highest BCUT2D eigenvalue weighted by Gasteiger charge is 2.23. The van der Waals surface area contributed by atoms with Crippen molar-refractivity contribution in [1.29, 1.82) is 0 Å². The van der Waals surface area contributed by atoms with E-state index in [9.17, 15) is 4.79 Å². The Morgan fingerprint density at radius 3 is 2.77 bits per heavy atom. The third-order valence-corrected chi connectivity index (χ3v) is 5.32. The normalized spacial score (nSPS) is 19.8. The highest BCUT2D eigenvalue weighted by Crippen LogP contribution is 2.27. The van der Waals surface area contributed by atoms with Gasteiger partial charge in [-0.25, -0.2) is 4.98 Å². The van der Waals surface area contributed by atoms with E-state index in [1.807, 2.05) is 43.5 Å². The number of carbonyl (C=O) groups excluding carboxylic acids is 1. The fraction of sp³-hybridized carbons (Fsp3) is 0.400. The highest BCUT2D eigenvalue weighted by molar-refractivity contribution is 7.98. The molecule has 0 aliphatic heterocycles. The smallest absolute Gasteiger partial charge is 0.257 e. The summed E-state index contributed by atoms with van der Waals surface area (Å²) in [5, 5.41) is 3.11. The van der Waals surface area contributed by atoms with Crippen molar-refractivity contribution in [2.24, 2.45) is 5.73 Å². The van der Waals surface area contributed by atoms with Gasteiger partial charge in [-0.1, -0.05) is 6.07 Å². The molecular weight excluding hydrogens is 346 g/mol. The molecule has 1 saturated carbocycles. The predicted octanol–water partition coefficient (Wildman–Crippen LogP) is 3.90. The van der Waals surface area contributed by atoms with Crippen molar-refractivity contribution in [3.8, 4) is 11.6 Å². The van der Waals surface area contributed by atoms with Crippen molar-refractivity contribution in [2.75, 3.05) is 6.26 Å². The molecule has 0 unspecified atom stereocenters. The van der Waals surface area contributed by atoms with Crippen molar-refractivity contribution < 1.29 is 9.53 Å². The topological polar surface area (TPSA) is 77.2 Å². The number of benzene rings is 1. The van der Waals surface area contributed by atoms with E-state index >= 15 is 0 Å². The van der Waals surface area contributed by atoms with Gasteiger partial charge in [0.15, 0.2) is 0 Å². The van der Waals surface area contributed by atoms with Crippen LogP contribution >= 0.6 is 11.8 Å². The minimum Gasteiger partial charge on any atom is -0.438 e. The van der Waals surface area contributed by atoms with E-state index in [0.29, 0.717) is 17.2 Å². The zero-order valence-electron chi connectivity index (χ0n) is 15.2. The summed E-state index contributed by atoms with van der Waals surface area (Å²) in [7, 11) is 0. The summed E-state index contributed by atoms with van der Waals surface area (Å²) < 4.78 is 5.93. The van der Waals surface area contributed by atoms with Crippen LogP contribution < -0.4 is 15.8 Å². The van der Waals surface area contributed by atoms with Crippen LogP contribution in [0, 0.1) is 6.92 Å². The lowest BCUT2D eigenvalue weighted by molar-refractivity contribution is 0.0922. The number of thioether (sulfide) groups is 1. The Labute approximate surface area is 158 Å². The number of aromatic nitrogens is 1.